The average molecular weight is 304 g/mol. The highest BCUT2D eigenvalue weighted by Crippen LogP contribution is 2.29. The first kappa shape index (κ1) is 9.09. The van der Waals surface area contributed by atoms with Gasteiger partial charge in [0.15, 0.2) is 0 Å². The summed E-state index contributed by atoms with van der Waals surface area (Å²) in [6, 6.07) is 9.76. The van der Waals surface area contributed by atoms with Gasteiger partial charge in [0, 0.05) is 19.7 Å². The highest BCUT2D eigenvalue weighted by Gasteiger charge is 2.02. The summed E-state index contributed by atoms with van der Waals surface area (Å²) in [6.45, 7) is 0. The minimum Gasteiger partial charge on any atom is -0.398 e. The molecule has 0 heterocycles. The first-order chi connectivity index (χ1) is 6.18. The Balaban J connectivity index is 2.94. The predicted molar refractivity (Wildman–Crippen MR) is 66.1 cm³/mol. The van der Waals surface area contributed by atoms with Crippen molar-refractivity contribution in [1.29, 1.82) is 0 Å². The van der Waals surface area contributed by atoms with Gasteiger partial charge in [-0.2, -0.15) is 0 Å². The molecule has 0 bridgehead atoms. The molecule has 66 valence electrons. The zero-order chi connectivity index (χ0) is 9.42. The first-order valence-electron chi connectivity index (χ1n) is 3.82. The van der Waals surface area contributed by atoms with E-state index in [9.17, 15) is 0 Å². The molecule has 0 amide bonds. The van der Waals surface area contributed by atoms with Crippen LogP contribution < -0.4 is 5.73 Å². The van der Waals surface area contributed by atoms with Gasteiger partial charge in [-0.1, -0.05) is 23.7 Å². The standard InChI is InChI=1S/C10H7ClIN/c11-7-4-6-2-1-3-8(12)10(6)9(13)5-7/h1-5H,13H2. The van der Waals surface area contributed by atoms with Crippen LogP contribution in [0.3, 0.4) is 0 Å². The van der Waals surface area contributed by atoms with Gasteiger partial charge in [0.2, 0.25) is 0 Å². The van der Waals surface area contributed by atoms with Gasteiger partial charge < -0.3 is 5.73 Å². The number of hydrogen-bond acceptors (Lipinski definition) is 1. The number of halogens is 2. The van der Waals surface area contributed by atoms with Crippen LogP contribution in [0.2, 0.25) is 5.02 Å². The van der Waals surface area contributed by atoms with Crippen LogP contribution in [0.25, 0.3) is 10.8 Å². The lowest BCUT2D eigenvalue weighted by atomic mass is 10.1. The zero-order valence-electron chi connectivity index (χ0n) is 6.72. The maximum Gasteiger partial charge on any atom is 0.0432 e. The molecule has 2 aromatic rings. The molecule has 0 saturated carbocycles. The number of fused-ring (bicyclic) bond motifs is 1. The lowest BCUT2D eigenvalue weighted by Crippen LogP contribution is -1.89. The van der Waals surface area contributed by atoms with E-state index in [4.69, 9.17) is 17.3 Å². The predicted octanol–water partition coefficient (Wildman–Crippen LogP) is 3.68. The van der Waals surface area contributed by atoms with E-state index >= 15 is 0 Å². The van der Waals surface area contributed by atoms with Crippen LogP contribution in [0.4, 0.5) is 5.69 Å². The van der Waals surface area contributed by atoms with Crippen molar-refractivity contribution in [3.63, 3.8) is 0 Å². The number of nitrogen functional groups attached to an aromatic ring is 1. The van der Waals surface area contributed by atoms with Crippen LogP contribution in [0.15, 0.2) is 30.3 Å². The minimum atomic E-state index is 0.687. The summed E-state index contributed by atoms with van der Waals surface area (Å²) >= 11 is 8.17. The molecule has 0 aliphatic heterocycles. The first-order valence-corrected chi connectivity index (χ1v) is 5.27. The van der Waals surface area contributed by atoms with Crippen molar-refractivity contribution in [2.45, 2.75) is 0 Å². The van der Waals surface area contributed by atoms with Crippen LogP contribution in [0, 0.1) is 3.57 Å². The maximum atomic E-state index is 5.89. The van der Waals surface area contributed by atoms with E-state index in [2.05, 4.69) is 22.6 Å². The Bertz CT molecular complexity index is 468. The fourth-order valence-corrected chi connectivity index (χ4v) is 2.44. The van der Waals surface area contributed by atoms with Crippen molar-refractivity contribution in [3.05, 3.63) is 38.9 Å². The molecule has 0 radical (unpaired) electrons. The molecule has 0 aromatic heterocycles. The van der Waals surface area contributed by atoms with Crippen molar-refractivity contribution in [1.82, 2.24) is 0 Å². The quantitative estimate of drug-likeness (QED) is 0.583. The summed E-state index contributed by atoms with van der Waals surface area (Å²) in [5, 5.41) is 2.87. The van der Waals surface area contributed by atoms with E-state index in [0.29, 0.717) is 5.02 Å². The Labute approximate surface area is 95.0 Å². The Kier molecular flexibility index (Phi) is 2.34. The van der Waals surface area contributed by atoms with E-state index in [1.807, 2.05) is 24.3 Å². The van der Waals surface area contributed by atoms with Crippen LogP contribution >= 0.6 is 34.2 Å². The molecule has 0 atom stereocenters. The molecule has 13 heavy (non-hydrogen) atoms. The molecule has 2 N–H and O–H groups in total. The van der Waals surface area contributed by atoms with Crippen molar-refractivity contribution in [2.24, 2.45) is 0 Å². The lowest BCUT2D eigenvalue weighted by Gasteiger charge is -2.04. The van der Waals surface area contributed by atoms with Crippen LogP contribution in [-0.2, 0) is 0 Å². The largest absolute Gasteiger partial charge is 0.398 e. The molecule has 0 spiro atoms. The van der Waals surface area contributed by atoms with Crippen LogP contribution in [-0.4, -0.2) is 0 Å². The summed E-state index contributed by atoms with van der Waals surface area (Å²) < 4.78 is 1.16. The second-order valence-electron chi connectivity index (χ2n) is 2.83. The van der Waals surface area contributed by atoms with Gasteiger partial charge in [0.05, 0.1) is 0 Å². The third-order valence-corrected chi connectivity index (χ3v) is 3.04. The summed E-state index contributed by atoms with van der Waals surface area (Å²) in [7, 11) is 0. The van der Waals surface area contributed by atoms with Crippen LogP contribution in [0.5, 0.6) is 0 Å². The Morgan fingerprint density at radius 3 is 2.77 bits per heavy atom. The molecule has 0 aliphatic rings. The highest BCUT2D eigenvalue weighted by molar-refractivity contribution is 14.1. The third-order valence-electron chi connectivity index (χ3n) is 1.92. The number of rotatable bonds is 0. The number of benzene rings is 2. The van der Waals surface area contributed by atoms with Crippen molar-refractivity contribution >= 4 is 50.7 Å². The molecule has 0 fully saturated rings. The fraction of sp³-hybridized carbons (Fsp3) is 0. The molecule has 2 aromatic carbocycles. The molecular formula is C10H7ClIN. The number of nitrogens with two attached hydrogens (primary N) is 1. The molecular weight excluding hydrogens is 296 g/mol. The summed E-state index contributed by atoms with van der Waals surface area (Å²) in [5.41, 5.74) is 6.61. The van der Waals surface area contributed by atoms with E-state index < -0.39 is 0 Å². The van der Waals surface area contributed by atoms with Gasteiger partial charge in [-0.25, -0.2) is 0 Å². The van der Waals surface area contributed by atoms with Gasteiger partial charge in [-0.3, -0.25) is 0 Å². The van der Waals surface area contributed by atoms with Gasteiger partial charge >= 0.3 is 0 Å². The van der Waals surface area contributed by atoms with Crippen molar-refractivity contribution < 1.29 is 0 Å². The minimum absolute atomic E-state index is 0.687. The molecule has 0 saturated heterocycles. The van der Waals surface area contributed by atoms with Gasteiger partial charge in [-0.05, 0) is 46.2 Å². The second-order valence-corrected chi connectivity index (χ2v) is 4.43. The maximum absolute atomic E-state index is 5.89. The number of hydrogen-bond donors (Lipinski definition) is 1. The fourth-order valence-electron chi connectivity index (χ4n) is 1.38. The van der Waals surface area contributed by atoms with E-state index in [1.54, 1.807) is 6.07 Å². The average Bonchev–Trinajstić information content (AvgIpc) is 2.02. The molecule has 3 heteroatoms. The topological polar surface area (TPSA) is 26.0 Å². The van der Waals surface area contributed by atoms with Crippen LogP contribution in [0.1, 0.15) is 0 Å². The number of anilines is 1. The Hall–Kier alpha value is -0.480. The zero-order valence-corrected chi connectivity index (χ0v) is 9.63. The van der Waals surface area contributed by atoms with E-state index in [1.165, 1.54) is 0 Å². The highest BCUT2D eigenvalue weighted by atomic mass is 127. The van der Waals surface area contributed by atoms with E-state index in [-0.39, 0.29) is 0 Å². The molecule has 0 aliphatic carbocycles. The third kappa shape index (κ3) is 1.60. The summed E-state index contributed by atoms with van der Waals surface area (Å²) in [5.74, 6) is 0. The van der Waals surface area contributed by atoms with Crippen molar-refractivity contribution in [2.75, 3.05) is 5.73 Å². The second kappa shape index (κ2) is 3.35. The molecule has 1 nitrogen and oxygen atoms in total. The van der Waals surface area contributed by atoms with Gasteiger partial charge in [-0.15, -0.1) is 0 Å². The summed E-state index contributed by atoms with van der Waals surface area (Å²) in [4.78, 5) is 0. The Morgan fingerprint density at radius 2 is 2.00 bits per heavy atom. The van der Waals surface area contributed by atoms with Gasteiger partial charge in [0.1, 0.15) is 0 Å². The van der Waals surface area contributed by atoms with E-state index in [0.717, 1.165) is 20.0 Å². The molecule has 2 rings (SSSR count). The summed E-state index contributed by atoms with van der Waals surface area (Å²) in [6.07, 6.45) is 0. The normalized spacial score (nSPS) is 10.6. The molecule has 0 unspecified atom stereocenters. The Morgan fingerprint density at radius 1 is 1.23 bits per heavy atom. The lowest BCUT2D eigenvalue weighted by molar-refractivity contribution is 1.69. The van der Waals surface area contributed by atoms with Crippen molar-refractivity contribution in [3.8, 4) is 0 Å². The monoisotopic (exact) mass is 303 g/mol. The SMILES string of the molecule is Nc1cc(Cl)cc2cccc(I)c12. The van der Waals surface area contributed by atoms with Gasteiger partial charge in [0.25, 0.3) is 0 Å². The smallest absolute Gasteiger partial charge is 0.0432 e.